The number of hydrogen-bond acceptors (Lipinski definition) is 1. The third-order valence-corrected chi connectivity index (χ3v) is 5.39. The van der Waals surface area contributed by atoms with E-state index < -0.39 is 0 Å². The summed E-state index contributed by atoms with van der Waals surface area (Å²) in [6, 6.07) is 17.7. The van der Waals surface area contributed by atoms with Gasteiger partial charge in [0.25, 0.3) is 0 Å². The molecular formula is C22H31N. The van der Waals surface area contributed by atoms with Crippen molar-refractivity contribution in [2.75, 3.05) is 5.32 Å². The van der Waals surface area contributed by atoms with E-state index in [0.29, 0.717) is 0 Å². The minimum Gasteiger partial charge on any atom is -0.356 e. The highest BCUT2D eigenvalue weighted by Gasteiger charge is 2.18. The van der Waals surface area contributed by atoms with Crippen molar-refractivity contribution in [3.05, 3.63) is 59.7 Å². The summed E-state index contributed by atoms with van der Waals surface area (Å²) in [6.45, 7) is 13.7. The molecule has 0 amide bonds. The van der Waals surface area contributed by atoms with E-state index in [9.17, 15) is 0 Å². The number of anilines is 2. The summed E-state index contributed by atoms with van der Waals surface area (Å²) < 4.78 is 0. The van der Waals surface area contributed by atoms with Gasteiger partial charge in [-0.2, -0.15) is 0 Å². The zero-order valence-electron chi connectivity index (χ0n) is 15.5. The molecule has 0 unspecified atom stereocenters. The zero-order chi connectivity index (χ0) is 17.1. The van der Waals surface area contributed by atoms with Crippen LogP contribution in [0.1, 0.15) is 65.5 Å². The Kier molecular flexibility index (Phi) is 5.19. The van der Waals surface area contributed by atoms with Crippen LogP contribution in [0.25, 0.3) is 0 Å². The van der Waals surface area contributed by atoms with E-state index in [2.05, 4.69) is 95.4 Å². The van der Waals surface area contributed by atoms with Crippen molar-refractivity contribution >= 4 is 11.4 Å². The van der Waals surface area contributed by atoms with Crippen molar-refractivity contribution < 1.29 is 0 Å². The summed E-state index contributed by atoms with van der Waals surface area (Å²) in [5, 5.41) is 3.50. The van der Waals surface area contributed by atoms with Gasteiger partial charge in [-0.3, -0.25) is 0 Å². The van der Waals surface area contributed by atoms with E-state index >= 15 is 0 Å². The maximum Gasteiger partial charge on any atom is 0.0384 e. The van der Waals surface area contributed by atoms with Gasteiger partial charge in [0.05, 0.1) is 0 Å². The highest BCUT2D eigenvalue weighted by molar-refractivity contribution is 5.60. The van der Waals surface area contributed by atoms with Gasteiger partial charge in [-0.15, -0.1) is 0 Å². The number of hydrogen-bond donors (Lipinski definition) is 1. The largest absolute Gasteiger partial charge is 0.356 e. The molecule has 0 bridgehead atoms. The van der Waals surface area contributed by atoms with Gasteiger partial charge in [-0.1, -0.05) is 65.8 Å². The summed E-state index contributed by atoms with van der Waals surface area (Å²) in [4.78, 5) is 0. The Morgan fingerprint density at radius 3 is 1.17 bits per heavy atom. The van der Waals surface area contributed by atoms with E-state index in [1.54, 1.807) is 0 Å². The molecule has 124 valence electrons. The van der Waals surface area contributed by atoms with Crippen LogP contribution in [-0.2, 0) is 10.8 Å². The Balaban J connectivity index is 2.11. The predicted octanol–water partition coefficient (Wildman–Crippen LogP) is 6.81. The molecule has 0 atom stereocenters. The van der Waals surface area contributed by atoms with Gasteiger partial charge in [0.15, 0.2) is 0 Å². The maximum absolute atomic E-state index is 3.50. The summed E-state index contributed by atoms with van der Waals surface area (Å²) >= 11 is 0. The van der Waals surface area contributed by atoms with Gasteiger partial charge in [0.1, 0.15) is 0 Å². The molecule has 0 aliphatic rings. The lowest BCUT2D eigenvalue weighted by Crippen LogP contribution is -2.15. The second-order valence-electron chi connectivity index (χ2n) is 7.75. The first kappa shape index (κ1) is 17.6. The molecule has 0 aliphatic heterocycles. The Labute approximate surface area is 142 Å². The average molecular weight is 309 g/mol. The Morgan fingerprint density at radius 2 is 0.913 bits per heavy atom. The van der Waals surface area contributed by atoms with Crippen LogP contribution < -0.4 is 5.32 Å². The van der Waals surface area contributed by atoms with Crippen LogP contribution in [0.4, 0.5) is 11.4 Å². The Morgan fingerprint density at radius 1 is 0.609 bits per heavy atom. The first-order valence-electron chi connectivity index (χ1n) is 8.76. The van der Waals surface area contributed by atoms with E-state index in [1.807, 2.05) is 0 Å². The average Bonchev–Trinajstić information content (AvgIpc) is 2.56. The van der Waals surface area contributed by atoms with Crippen molar-refractivity contribution in [2.24, 2.45) is 0 Å². The SMILES string of the molecule is CCC(C)(C)c1ccc(Nc2ccc(C(C)(C)CC)cc2)cc1. The maximum atomic E-state index is 3.50. The highest BCUT2D eigenvalue weighted by Crippen LogP contribution is 2.30. The summed E-state index contributed by atoms with van der Waals surface area (Å²) in [6.07, 6.45) is 2.29. The molecule has 0 radical (unpaired) electrons. The zero-order valence-corrected chi connectivity index (χ0v) is 15.5. The smallest absolute Gasteiger partial charge is 0.0384 e. The molecule has 0 aliphatic carbocycles. The third kappa shape index (κ3) is 4.16. The molecule has 0 heterocycles. The topological polar surface area (TPSA) is 12.0 Å². The van der Waals surface area contributed by atoms with Gasteiger partial charge < -0.3 is 5.32 Å². The van der Waals surface area contributed by atoms with Crippen molar-refractivity contribution in [3.8, 4) is 0 Å². The van der Waals surface area contributed by atoms with Crippen LogP contribution in [0.15, 0.2) is 48.5 Å². The van der Waals surface area contributed by atoms with Gasteiger partial charge in [-0.25, -0.2) is 0 Å². The normalized spacial score (nSPS) is 12.3. The van der Waals surface area contributed by atoms with Crippen LogP contribution in [0.5, 0.6) is 0 Å². The summed E-state index contributed by atoms with van der Waals surface area (Å²) in [5.41, 5.74) is 5.56. The van der Waals surface area contributed by atoms with E-state index in [1.165, 1.54) is 11.1 Å². The first-order valence-corrected chi connectivity index (χ1v) is 8.76. The molecule has 2 aromatic rings. The number of nitrogens with one attached hydrogen (secondary N) is 1. The van der Waals surface area contributed by atoms with Gasteiger partial charge >= 0.3 is 0 Å². The van der Waals surface area contributed by atoms with Crippen LogP contribution in [0.2, 0.25) is 0 Å². The molecular weight excluding hydrogens is 278 g/mol. The lowest BCUT2D eigenvalue weighted by atomic mass is 9.82. The highest BCUT2D eigenvalue weighted by atomic mass is 14.9. The molecule has 2 aromatic carbocycles. The molecule has 0 spiro atoms. The van der Waals surface area contributed by atoms with Crippen LogP contribution in [0, 0.1) is 0 Å². The lowest BCUT2D eigenvalue weighted by Gasteiger charge is -2.24. The van der Waals surface area contributed by atoms with E-state index in [-0.39, 0.29) is 10.8 Å². The molecule has 1 heteroatoms. The lowest BCUT2D eigenvalue weighted by molar-refractivity contribution is 0.506. The number of benzene rings is 2. The van der Waals surface area contributed by atoms with Crippen LogP contribution >= 0.6 is 0 Å². The van der Waals surface area contributed by atoms with Crippen molar-refractivity contribution in [1.29, 1.82) is 0 Å². The molecule has 0 saturated carbocycles. The van der Waals surface area contributed by atoms with Gasteiger partial charge in [-0.05, 0) is 59.1 Å². The van der Waals surface area contributed by atoms with Crippen molar-refractivity contribution in [3.63, 3.8) is 0 Å². The standard InChI is InChI=1S/C22H31N/c1-7-21(3,4)17-9-13-19(14-10-17)23-20-15-11-18(12-16-20)22(5,6)8-2/h9-16,23H,7-8H2,1-6H3. The summed E-state index contributed by atoms with van der Waals surface area (Å²) in [7, 11) is 0. The second kappa shape index (κ2) is 6.78. The molecule has 1 N–H and O–H groups in total. The second-order valence-corrected chi connectivity index (χ2v) is 7.75. The molecule has 0 fully saturated rings. The molecule has 2 rings (SSSR count). The van der Waals surface area contributed by atoms with Crippen LogP contribution in [0.3, 0.4) is 0 Å². The first-order chi connectivity index (χ1) is 10.8. The number of rotatable bonds is 6. The monoisotopic (exact) mass is 309 g/mol. The van der Waals surface area contributed by atoms with Crippen molar-refractivity contribution in [2.45, 2.75) is 65.2 Å². The minimum atomic E-state index is 0.242. The van der Waals surface area contributed by atoms with Gasteiger partial charge in [0.2, 0.25) is 0 Å². The molecule has 1 nitrogen and oxygen atoms in total. The summed E-state index contributed by atoms with van der Waals surface area (Å²) in [5.74, 6) is 0. The van der Waals surface area contributed by atoms with Gasteiger partial charge in [0, 0.05) is 11.4 Å². The molecule has 0 aromatic heterocycles. The fourth-order valence-corrected chi connectivity index (χ4v) is 2.58. The fraction of sp³-hybridized carbons (Fsp3) is 0.455. The Bertz CT molecular complexity index is 561. The fourth-order valence-electron chi connectivity index (χ4n) is 2.58. The third-order valence-electron chi connectivity index (χ3n) is 5.39. The van der Waals surface area contributed by atoms with Crippen LogP contribution in [-0.4, -0.2) is 0 Å². The van der Waals surface area contributed by atoms with E-state index in [4.69, 9.17) is 0 Å². The van der Waals surface area contributed by atoms with Crippen molar-refractivity contribution in [1.82, 2.24) is 0 Å². The Hall–Kier alpha value is -1.76. The molecule has 0 saturated heterocycles. The minimum absolute atomic E-state index is 0.242. The van der Waals surface area contributed by atoms with E-state index in [0.717, 1.165) is 24.2 Å². The molecule has 23 heavy (non-hydrogen) atoms. The predicted molar refractivity (Wildman–Crippen MR) is 103 cm³/mol. The quantitative estimate of drug-likeness (QED) is 0.618.